The topological polar surface area (TPSA) is 65.4 Å². The van der Waals surface area contributed by atoms with Crippen LogP contribution in [0.2, 0.25) is 0 Å². The number of methoxy groups -OCH3 is 1. The first kappa shape index (κ1) is 17.1. The summed E-state index contributed by atoms with van der Waals surface area (Å²) in [4.78, 5) is 4.14. The summed E-state index contributed by atoms with van der Waals surface area (Å²) in [5.74, 6) is 3.01. The van der Waals surface area contributed by atoms with Crippen molar-refractivity contribution in [3.63, 3.8) is 0 Å². The first-order valence-electron chi connectivity index (χ1n) is 9.81. The molecule has 4 heterocycles. The van der Waals surface area contributed by atoms with Crippen LogP contribution in [0.5, 0.6) is 23.0 Å². The molecule has 0 saturated carbocycles. The summed E-state index contributed by atoms with van der Waals surface area (Å²) in [5.41, 5.74) is 4.06. The van der Waals surface area contributed by atoms with Crippen molar-refractivity contribution in [3.8, 4) is 23.0 Å². The van der Waals surface area contributed by atoms with Gasteiger partial charge in [-0.2, -0.15) is 5.10 Å². The first-order chi connectivity index (χ1) is 14.8. The number of rotatable bonds is 3. The van der Waals surface area contributed by atoms with Gasteiger partial charge < -0.3 is 18.9 Å². The molecule has 0 spiro atoms. The second-order valence-corrected chi connectivity index (χ2v) is 7.34. The van der Waals surface area contributed by atoms with Gasteiger partial charge in [-0.25, -0.2) is 5.01 Å². The van der Waals surface area contributed by atoms with E-state index in [1.807, 2.05) is 47.5 Å². The molecular weight excluding hydrogens is 382 g/mol. The third-order valence-corrected chi connectivity index (χ3v) is 5.70. The fourth-order valence-corrected chi connectivity index (χ4v) is 4.24. The quantitative estimate of drug-likeness (QED) is 0.659. The molecule has 3 aliphatic heterocycles. The molecule has 0 radical (unpaired) electrons. The van der Waals surface area contributed by atoms with Gasteiger partial charge in [0.05, 0.1) is 18.9 Å². The van der Waals surface area contributed by atoms with E-state index in [2.05, 4.69) is 11.1 Å². The lowest BCUT2D eigenvalue weighted by Crippen LogP contribution is -2.33. The molecule has 30 heavy (non-hydrogen) atoms. The lowest BCUT2D eigenvalue weighted by atomic mass is 9.95. The molecule has 0 N–H and O–H groups in total. The van der Waals surface area contributed by atoms with E-state index in [1.165, 1.54) is 0 Å². The highest BCUT2D eigenvalue weighted by molar-refractivity contribution is 6.02. The van der Waals surface area contributed by atoms with E-state index in [9.17, 15) is 0 Å². The van der Waals surface area contributed by atoms with Crippen LogP contribution in [0, 0.1) is 0 Å². The third kappa shape index (κ3) is 2.58. The van der Waals surface area contributed by atoms with Gasteiger partial charge in [0.1, 0.15) is 0 Å². The molecular formula is C23H19N3O4. The van der Waals surface area contributed by atoms with E-state index < -0.39 is 0 Å². The Morgan fingerprint density at radius 1 is 1.03 bits per heavy atom. The summed E-state index contributed by atoms with van der Waals surface area (Å²) in [6.07, 6.45) is 3.92. The second kappa shape index (κ2) is 6.66. The average Bonchev–Trinajstić information content (AvgIpc) is 3.45. The average molecular weight is 401 g/mol. The van der Waals surface area contributed by atoms with Crippen LogP contribution in [0.25, 0.3) is 0 Å². The van der Waals surface area contributed by atoms with Crippen LogP contribution >= 0.6 is 0 Å². The van der Waals surface area contributed by atoms with Crippen LogP contribution in [-0.4, -0.2) is 29.6 Å². The highest BCUT2D eigenvalue weighted by Crippen LogP contribution is 2.50. The van der Waals surface area contributed by atoms with Crippen molar-refractivity contribution in [2.75, 3.05) is 13.9 Å². The van der Waals surface area contributed by atoms with E-state index in [-0.39, 0.29) is 19.1 Å². The van der Waals surface area contributed by atoms with Gasteiger partial charge in [0, 0.05) is 35.5 Å². The highest BCUT2D eigenvalue weighted by atomic mass is 16.7. The maximum absolute atomic E-state index is 6.43. The van der Waals surface area contributed by atoms with Crippen molar-refractivity contribution >= 4 is 5.71 Å². The zero-order chi connectivity index (χ0) is 20.1. The summed E-state index contributed by atoms with van der Waals surface area (Å²) >= 11 is 0. The van der Waals surface area contributed by atoms with Crippen LogP contribution in [0.15, 0.2) is 66.0 Å². The Labute approximate surface area is 173 Å². The minimum absolute atomic E-state index is 0.0439. The van der Waals surface area contributed by atoms with E-state index >= 15 is 0 Å². The molecule has 0 amide bonds. The van der Waals surface area contributed by atoms with Crippen molar-refractivity contribution in [1.29, 1.82) is 0 Å². The summed E-state index contributed by atoms with van der Waals surface area (Å²) in [6, 6.07) is 15.9. The normalized spacial score (nSPS) is 20.8. The SMILES string of the molecule is COc1cccc2c1O[C@@H](c1ccncc1)N1N=C(c3ccc4c(c3)OCO4)C[C@@H]21. The van der Waals surface area contributed by atoms with Crippen molar-refractivity contribution in [1.82, 2.24) is 9.99 Å². The zero-order valence-electron chi connectivity index (χ0n) is 16.3. The fourth-order valence-electron chi connectivity index (χ4n) is 4.24. The van der Waals surface area contributed by atoms with Gasteiger partial charge in [0.25, 0.3) is 0 Å². The maximum Gasteiger partial charge on any atom is 0.231 e. The van der Waals surface area contributed by atoms with E-state index in [1.54, 1.807) is 19.5 Å². The number of hydrogen-bond donors (Lipinski definition) is 0. The van der Waals surface area contributed by atoms with Crippen LogP contribution in [-0.2, 0) is 0 Å². The Morgan fingerprint density at radius 3 is 2.77 bits per heavy atom. The lowest BCUT2D eigenvalue weighted by Gasteiger charge is -2.38. The minimum Gasteiger partial charge on any atom is -0.493 e. The Bertz CT molecular complexity index is 1150. The van der Waals surface area contributed by atoms with Gasteiger partial charge in [-0.3, -0.25) is 4.98 Å². The molecule has 7 nitrogen and oxygen atoms in total. The number of hydrazone groups is 1. The number of para-hydroxylation sites is 1. The van der Waals surface area contributed by atoms with Gasteiger partial charge in [0.15, 0.2) is 23.0 Å². The number of aromatic nitrogens is 1. The Hall–Kier alpha value is -3.74. The van der Waals surface area contributed by atoms with Crippen LogP contribution in [0.1, 0.15) is 35.4 Å². The first-order valence-corrected chi connectivity index (χ1v) is 9.81. The third-order valence-electron chi connectivity index (χ3n) is 5.70. The van der Waals surface area contributed by atoms with Gasteiger partial charge >= 0.3 is 0 Å². The minimum atomic E-state index is -0.367. The molecule has 150 valence electrons. The van der Waals surface area contributed by atoms with Crippen LogP contribution in [0.3, 0.4) is 0 Å². The molecule has 6 rings (SSSR count). The molecule has 0 bridgehead atoms. The molecule has 2 atom stereocenters. The van der Waals surface area contributed by atoms with Crippen molar-refractivity contribution in [2.24, 2.45) is 5.10 Å². The molecule has 7 heteroatoms. The smallest absolute Gasteiger partial charge is 0.231 e. The number of fused-ring (bicyclic) bond motifs is 4. The second-order valence-electron chi connectivity index (χ2n) is 7.34. The zero-order valence-corrected chi connectivity index (χ0v) is 16.3. The van der Waals surface area contributed by atoms with Gasteiger partial charge in [-0.1, -0.05) is 12.1 Å². The molecule has 0 unspecified atom stereocenters. The monoisotopic (exact) mass is 401 g/mol. The van der Waals surface area contributed by atoms with Gasteiger partial charge in [-0.15, -0.1) is 0 Å². The molecule has 3 aromatic rings. The number of pyridine rings is 1. The van der Waals surface area contributed by atoms with Crippen LogP contribution in [0.4, 0.5) is 0 Å². The molecule has 0 saturated heterocycles. The van der Waals surface area contributed by atoms with Gasteiger partial charge in [0.2, 0.25) is 13.0 Å². The standard InChI is InChI=1S/C23H19N3O4/c1-27-20-4-2-3-16-18-12-17(15-5-6-19-21(11-15)29-13-28-19)25-26(18)23(30-22(16)20)14-7-9-24-10-8-14/h2-11,18,23H,12-13H2,1H3/t18-,23-/m0/s1. The predicted octanol–water partition coefficient (Wildman–Crippen LogP) is 4.06. The number of nitrogens with zero attached hydrogens (tertiary/aromatic N) is 3. The summed E-state index contributed by atoms with van der Waals surface area (Å²) in [7, 11) is 1.66. The van der Waals surface area contributed by atoms with E-state index in [0.717, 1.165) is 51.8 Å². The van der Waals surface area contributed by atoms with E-state index in [0.29, 0.717) is 0 Å². The molecule has 2 aromatic carbocycles. The van der Waals surface area contributed by atoms with Crippen LogP contribution < -0.4 is 18.9 Å². The van der Waals surface area contributed by atoms with Crippen molar-refractivity contribution in [2.45, 2.75) is 18.7 Å². The highest BCUT2D eigenvalue weighted by Gasteiger charge is 2.42. The maximum atomic E-state index is 6.43. The number of benzene rings is 2. The number of ether oxygens (including phenoxy) is 4. The molecule has 0 fully saturated rings. The summed E-state index contributed by atoms with van der Waals surface area (Å²) in [5, 5.41) is 7.02. The van der Waals surface area contributed by atoms with Gasteiger partial charge in [-0.05, 0) is 36.4 Å². The largest absolute Gasteiger partial charge is 0.493 e. The Morgan fingerprint density at radius 2 is 1.90 bits per heavy atom. The van der Waals surface area contributed by atoms with E-state index in [4.69, 9.17) is 24.0 Å². The Kier molecular flexibility index (Phi) is 3.80. The van der Waals surface area contributed by atoms with Crippen molar-refractivity contribution in [3.05, 3.63) is 77.6 Å². The van der Waals surface area contributed by atoms with Crippen molar-refractivity contribution < 1.29 is 18.9 Å². The summed E-state index contributed by atoms with van der Waals surface area (Å²) < 4.78 is 23.0. The molecule has 3 aliphatic rings. The summed E-state index contributed by atoms with van der Waals surface area (Å²) in [6.45, 7) is 0.255. The predicted molar refractivity (Wildman–Crippen MR) is 109 cm³/mol. The molecule has 1 aromatic heterocycles. The fraction of sp³-hybridized carbons (Fsp3) is 0.217. The number of hydrogen-bond acceptors (Lipinski definition) is 7. The molecule has 0 aliphatic carbocycles. The Balaban J connectivity index is 1.45. The lowest BCUT2D eigenvalue weighted by molar-refractivity contribution is -0.0209.